The van der Waals surface area contributed by atoms with Gasteiger partial charge in [0, 0.05) is 38.5 Å². The maximum Gasteiger partial charge on any atom is 0.160 e. The van der Waals surface area contributed by atoms with Crippen LogP contribution in [0.3, 0.4) is 0 Å². The molecule has 2 heterocycles. The first-order chi connectivity index (χ1) is 25.3. The third-order valence-electron chi connectivity index (χ3n) is 9.90. The predicted molar refractivity (Wildman–Crippen MR) is 212 cm³/mol. The number of hydrogen-bond donors (Lipinski definition) is 0. The minimum atomic E-state index is 0.851. The molecule has 0 fully saturated rings. The second-order valence-corrected chi connectivity index (χ2v) is 12.9. The van der Waals surface area contributed by atoms with E-state index in [2.05, 4.69) is 169 Å². The molecule has 0 unspecified atom stereocenters. The highest BCUT2D eigenvalue weighted by atomic mass is 16.3. The lowest BCUT2D eigenvalue weighted by Gasteiger charge is -2.28. The Morgan fingerprint density at radius 2 is 0.784 bits per heavy atom. The van der Waals surface area contributed by atoms with Crippen LogP contribution in [-0.2, 0) is 0 Å². The first kappa shape index (κ1) is 29.1. The van der Waals surface area contributed by atoms with E-state index in [0.29, 0.717) is 0 Å². The molecule has 51 heavy (non-hydrogen) atoms. The molecule has 0 spiro atoms. The van der Waals surface area contributed by atoms with Crippen molar-refractivity contribution in [2.45, 2.75) is 0 Å². The summed E-state index contributed by atoms with van der Waals surface area (Å²) in [6.45, 7) is 0. The maximum atomic E-state index is 6.77. The molecule has 0 amide bonds. The largest absolute Gasteiger partial charge is 0.456 e. The summed E-state index contributed by atoms with van der Waals surface area (Å²) < 4.78 is 13.0. The van der Waals surface area contributed by atoms with E-state index < -0.39 is 0 Å². The molecule has 8 aromatic carbocycles. The Hall–Kier alpha value is -6.84. The van der Waals surface area contributed by atoms with Gasteiger partial charge < -0.3 is 13.7 Å². The van der Waals surface area contributed by atoms with Crippen LogP contribution < -0.4 is 4.90 Å². The molecule has 3 nitrogen and oxygen atoms in total. The average molecular weight is 654 g/mol. The SMILES string of the molecule is c1ccc(-c2ccc(N(c3ccc(-c4ccc5c(c4)oc4ccccc45)cc3)c3c(-c4ccccc4)ccc4c3oc3ccccc34)cc2)cc1. The number of anilines is 3. The van der Waals surface area contributed by atoms with Gasteiger partial charge in [0.2, 0.25) is 0 Å². The number of furan rings is 2. The molecule has 0 radical (unpaired) electrons. The van der Waals surface area contributed by atoms with Crippen LogP contribution in [0.4, 0.5) is 17.1 Å². The van der Waals surface area contributed by atoms with Crippen LogP contribution in [0.5, 0.6) is 0 Å². The standard InChI is InChI=1S/C48H31NO2/c1-3-11-32(12-4-1)33-19-24-37(25-20-33)49(38-26-21-34(22-27-38)36-23-28-42-40-15-7-9-17-44(40)50-46(42)31-36)47-39(35-13-5-2-6-14-35)29-30-43-41-16-8-10-18-45(41)51-48(43)47/h1-31H. The fourth-order valence-electron chi connectivity index (χ4n) is 7.40. The van der Waals surface area contributed by atoms with Crippen LogP contribution in [0.15, 0.2) is 197 Å². The summed E-state index contributed by atoms with van der Waals surface area (Å²) in [5, 5.41) is 4.45. The lowest BCUT2D eigenvalue weighted by molar-refractivity contribution is 0.668. The molecule has 10 aromatic rings. The smallest absolute Gasteiger partial charge is 0.160 e. The molecule has 0 aliphatic heterocycles. The molecule has 2 aromatic heterocycles. The number of nitrogens with zero attached hydrogens (tertiary/aromatic N) is 1. The van der Waals surface area contributed by atoms with E-state index in [-0.39, 0.29) is 0 Å². The van der Waals surface area contributed by atoms with Gasteiger partial charge in [-0.25, -0.2) is 0 Å². The Morgan fingerprint density at radius 3 is 1.45 bits per heavy atom. The van der Waals surface area contributed by atoms with Crippen molar-refractivity contribution in [2.75, 3.05) is 4.90 Å². The zero-order valence-electron chi connectivity index (χ0n) is 27.7. The number of hydrogen-bond acceptors (Lipinski definition) is 3. The first-order valence-electron chi connectivity index (χ1n) is 17.3. The van der Waals surface area contributed by atoms with Gasteiger partial charge in [0.15, 0.2) is 5.58 Å². The molecule has 240 valence electrons. The molecule has 0 saturated carbocycles. The van der Waals surface area contributed by atoms with Crippen molar-refractivity contribution in [3.63, 3.8) is 0 Å². The van der Waals surface area contributed by atoms with Crippen molar-refractivity contribution < 1.29 is 8.83 Å². The monoisotopic (exact) mass is 653 g/mol. The summed E-state index contributed by atoms with van der Waals surface area (Å²) in [6.07, 6.45) is 0. The molecule has 0 saturated heterocycles. The minimum Gasteiger partial charge on any atom is -0.456 e. The number of fused-ring (bicyclic) bond motifs is 6. The van der Waals surface area contributed by atoms with E-state index >= 15 is 0 Å². The van der Waals surface area contributed by atoms with Crippen molar-refractivity contribution in [3.8, 4) is 33.4 Å². The van der Waals surface area contributed by atoms with Crippen LogP contribution in [0, 0.1) is 0 Å². The Bertz CT molecular complexity index is 2830. The van der Waals surface area contributed by atoms with Gasteiger partial charge in [-0.2, -0.15) is 0 Å². The minimum absolute atomic E-state index is 0.851. The zero-order chi connectivity index (χ0) is 33.7. The lowest BCUT2D eigenvalue weighted by Crippen LogP contribution is -2.11. The fraction of sp³-hybridized carbons (Fsp3) is 0. The Morgan fingerprint density at radius 1 is 0.314 bits per heavy atom. The van der Waals surface area contributed by atoms with Crippen molar-refractivity contribution >= 4 is 60.9 Å². The molecule has 10 rings (SSSR count). The Balaban J connectivity index is 1.17. The second-order valence-electron chi connectivity index (χ2n) is 12.9. The summed E-state index contributed by atoms with van der Waals surface area (Å²) >= 11 is 0. The van der Waals surface area contributed by atoms with Crippen molar-refractivity contribution in [3.05, 3.63) is 188 Å². The third-order valence-corrected chi connectivity index (χ3v) is 9.90. The summed E-state index contributed by atoms with van der Waals surface area (Å²) in [7, 11) is 0. The zero-order valence-corrected chi connectivity index (χ0v) is 27.7. The molecule has 0 aliphatic rings. The highest BCUT2D eigenvalue weighted by Crippen LogP contribution is 2.48. The fourth-order valence-corrected chi connectivity index (χ4v) is 7.40. The number of benzene rings is 8. The van der Waals surface area contributed by atoms with Crippen LogP contribution in [0.2, 0.25) is 0 Å². The quantitative estimate of drug-likeness (QED) is 0.179. The van der Waals surface area contributed by atoms with E-state index in [1.165, 1.54) is 11.1 Å². The van der Waals surface area contributed by atoms with Crippen molar-refractivity contribution in [1.82, 2.24) is 0 Å². The molecule has 0 N–H and O–H groups in total. The van der Waals surface area contributed by atoms with Gasteiger partial charge in [0.1, 0.15) is 16.7 Å². The van der Waals surface area contributed by atoms with Gasteiger partial charge in [0.25, 0.3) is 0 Å². The van der Waals surface area contributed by atoms with Crippen LogP contribution in [0.1, 0.15) is 0 Å². The van der Waals surface area contributed by atoms with Crippen LogP contribution >= 0.6 is 0 Å². The number of rotatable bonds is 6. The second kappa shape index (κ2) is 11.9. The highest BCUT2D eigenvalue weighted by Gasteiger charge is 2.24. The van der Waals surface area contributed by atoms with E-state index in [1.54, 1.807) is 0 Å². The first-order valence-corrected chi connectivity index (χ1v) is 17.3. The van der Waals surface area contributed by atoms with Gasteiger partial charge >= 0.3 is 0 Å². The van der Waals surface area contributed by atoms with Gasteiger partial charge in [0.05, 0.1) is 5.69 Å². The summed E-state index contributed by atoms with van der Waals surface area (Å²) in [5.74, 6) is 0. The van der Waals surface area contributed by atoms with Gasteiger partial charge in [-0.1, -0.05) is 133 Å². The molecule has 0 bridgehead atoms. The molecular formula is C48H31NO2. The number of para-hydroxylation sites is 2. The lowest BCUT2D eigenvalue weighted by atomic mass is 9.98. The predicted octanol–water partition coefficient (Wildman–Crippen LogP) is 14.0. The summed E-state index contributed by atoms with van der Waals surface area (Å²) in [6, 6.07) is 66.2. The molecule has 0 atom stereocenters. The highest BCUT2D eigenvalue weighted by molar-refractivity contribution is 6.14. The van der Waals surface area contributed by atoms with E-state index in [0.717, 1.165) is 83.2 Å². The molecule has 0 aliphatic carbocycles. The summed E-state index contributed by atoms with van der Waals surface area (Å²) in [5.41, 5.74) is 13.4. The van der Waals surface area contributed by atoms with E-state index in [1.807, 2.05) is 24.3 Å². The van der Waals surface area contributed by atoms with E-state index in [9.17, 15) is 0 Å². The normalized spacial score (nSPS) is 11.5. The molecular weight excluding hydrogens is 623 g/mol. The van der Waals surface area contributed by atoms with Crippen LogP contribution in [-0.4, -0.2) is 0 Å². The van der Waals surface area contributed by atoms with Gasteiger partial charge in [-0.05, 0) is 82.4 Å². The average Bonchev–Trinajstić information content (AvgIpc) is 3.77. The Labute approximate surface area is 295 Å². The maximum absolute atomic E-state index is 6.77. The Kier molecular flexibility index (Phi) is 6.81. The van der Waals surface area contributed by atoms with E-state index in [4.69, 9.17) is 8.83 Å². The van der Waals surface area contributed by atoms with Gasteiger partial charge in [-0.15, -0.1) is 0 Å². The van der Waals surface area contributed by atoms with Gasteiger partial charge in [-0.3, -0.25) is 0 Å². The topological polar surface area (TPSA) is 29.5 Å². The van der Waals surface area contributed by atoms with Crippen molar-refractivity contribution in [1.29, 1.82) is 0 Å². The third kappa shape index (κ3) is 4.98. The summed E-state index contributed by atoms with van der Waals surface area (Å²) in [4.78, 5) is 2.34. The van der Waals surface area contributed by atoms with Crippen LogP contribution in [0.25, 0.3) is 77.3 Å². The van der Waals surface area contributed by atoms with Crippen molar-refractivity contribution in [2.24, 2.45) is 0 Å². The molecule has 3 heteroatoms.